The van der Waals surface area contributed by atoms with E-state index in [9.17, 15) is 4.79 Å². The molecule has 3 N–H and O–H groups in total. The topological polar surface area (TPSA) is 64.3 Å². The Kier molecular flexibility index (Phi) is 6.60. The van der Waals surface area contributed by atoms with Crippen LogP contribution in [0.25, 0.3) is 0 Å². The molecule has 18 heavy (non-hydrogen) atoms. The molecule has 0 bridgehead atoms. The Morgan fingerprint density at radius 2 is 2.33 bits per heavy atom. The SMILES string of the molecule is COCCCSC(C)C(=O)Nc1cccc(N)c1. The molecule has 4 nitrogen and oxygen atoms in total. The number of hydrogen-bond donors (Lipinski definition) is 2. The van der Waals surface area contributed by atoms with Crippen LogP contribution in [0.3, 0.4) is 0 Å². The molecule has 0 radical (unpaired) electrons. The molecule has 0 saturated heterocycles. The number of amides is 1. The van der Waals surface area contributed by atoms with Gasteiger partial charge in [-0.2, -0.15) is 0 Å². The van der Waals surface area contributed by atoms with E-state index < -0.39 is 0 Å². The molecule has 5 heteroatoms. The van der Waals surface area contributed by atoms with E-state index in [1.165, 1.54) is 0 Å². The van der Waals surface area contributed by atoms with Gasteiger partial charge in [0.15, 0.2) is 0 Å². The van der Waals surface area contributed by atoms with Crippen LogP contribution in [0.2, 0.25) is 0 Å². The Bertz CT molecular complexity index is 385. The predicted octanol–water partition coefficient (Wildman–Crippen LogP) is 2.37. The quantitative estimate of drug-likeness (QED) is 0.588. The van der Waals surface area contributed by atoms with Crippen molar-refractivity contribution in [2.45, 2.75) is 18.6 Å². The zero-order valence-corrected chi connectivity index (χ0v) is 11.6. The van der Waals surface area contributed by atoms with E-state index >= 15 is 0 Å². The summed E-state index contributed by atoms with van der Waals surface area (Å²) in [5.74, 6) is 0.919. The van der Waals surface area contributed by atoms with E-state index in [1.807, 2.05) is 19.1 Å². The minimum absolute atomic E-state index is 0.00279. The Morgan fingerprint density at radius 1 is 1.56 bits per heavy atom. The zero-order valence-electron chi connectivity index (χ0n) is 10.8. The highest BCUT2D eigenvalue weighted by Gasteiger charge is 2.13. The summed E-state index contributed by atoms with van der Waals surface area (Å²) in [6, 6.07) is 7.19. The minimum atomic E-state index is -0.0803. The van der Waals surface area contributed by atoms with Crippen molar-refractivity contribution in [2.75, 3.05) is 30.5 Å². The van der Waals surface area contributed by atoms with Gasteiger partial charge in [0.05, 0.1) is 5.25 Å². The van der Waals surface area contributed by atoms with Crippen LogP contribution in [0, 0.1) is 0 Å². The highest BCUT2D eigenvalue weighted by Crippen LogP contribution is 2.16. The number of benzene rings is 1. The van der Waals surface area contributed by atoms with Gasteiger partial charge in [-0.25, -0.2) is 0 Å². The van der Waals surface area contributed by atoms with Gasteiger partial charge in [0.25, 0.3) is 0 Å². The second-order valence-electron chi connectivity index (χ2n) is 3.97. The number of carbonyl (C=O) groups is 1. The van der Waals surface area contributed by atoms with Crippen molar-refractivity contribution < 1.29 is 9.53 Å². The molecule has 1 aromatic carbocycles. The molecule has 1 amide bonds. The van der Waals surface area contributed by atoms with Crippen LogP contribution in [0.4, 0.5) is 11.4 Å². The molecule has 0 saturated carbocycles. The molecule has 100 valence electrons. The van der Waals surface area contributed by atoms with Gasteiger partial charge in [-0.15, -0.1) is 11.8 Å². The zero-order chi connectivity index (χ0) is 13.4. The van der Waals surface area contributed by atoms with Crippen LogP contribution >= 0.6 is 11.8 Å². The van der Waals surface area contributed by atoms with E-state index in [-0.39, 0.29) is 11.2 Å². The number of carbonyl (C=O) groups excluding carboxylic acids is 1. The molecule has 1 aromatic rings. The second-order valence-corrected chi connectivity index (χ2v) is 5.42. The van der Waals surface area contributed by atoms with Crippen LogP contribution in [-0.2, 0) is 9.53 Å². The maximum atomic E-state index is 11.9. The predicted molar refractivity (Wildman–Crippen MR) is 77.9 cm³/mol. The van der Waals surface area contributed by atoms with E-state index in [0.29, 0.717) is 5.69 Å². The summed E-state index contributed by atoms with van der Waals surface area (Å²) in [6.07, 6.45) is 0.955. The number of ether oxygens (including phenoxy) is 1. The van der Waals surface area contributed by atoms with Gasteiger partial charge in [0, 0.05) is 25.1 Å². The number of hydrogen-bond acceptors (Lipinski definition) is 4. The highest BCUT2D eigenvalue weighted by atomic mass is 32.2. The van der Waals surface area contributed by atoms with Crippen molar-refractivity contribution in [2.24, 2.45) is 0 Å². The molecule has 0 aromatic heterocycles. The molecule has 1 atom stereocenters. The van der Waals surface area contributed by atoms with Crippen molar-refractivity contribution in [3.63, 3.8) is 0 Å². The van der Waals surface area contributed by atoms with Crippen LogP contribution in [0.5, 0.6) is 0 Å². The fourth-order valence-corrected chi connectivity index (χ4v) is 2.25. The number of nitrogens with two attached hydrogens (primary N) is 1. The second kappa shape index (κ2) is 8.00. The molecule has 0 aliphatic carbocycles. The van der Waals surface area contributed by atoms with Crippen LogP contribution < -0.4 is 11.1 Å². The van der Waals surface area contributed by atoms with E-state index in [4.69, 9.17) is 10.5 Å². The Morgan fingerprint density at radius 3 is 3.00 bits per heavy atom. The van der Waals surface area contributed by atoms with Gasteiger partial charge in [-0.05, 0) is 37.3 Å². The lowest BCUT2D eigenvalue weighted by atomic mass is 10.3. The number of thioether (sulfide) groups is 1. The van der Waals surface area contributed by atoms with Crippen molar-refractivity contribution in [1.29, 1.82) is 0 Å². The molecule has 0 heterocycles. The molecule has 1 rings (SSSR count). The summed E-state index contributed by atoms with van der Waals surface area (Å²) in [5, 5.41) is 2.77. The third-order valence-corrected chi connectivity index (χ3v) is 3.62. The number of rotatable bonds is 7. The standard InChI is InChI=1S/C13H20N2O2S/c1-10(18-8-4-7-17-2)13(16)15-12-6-3-5-11(14)9-12/h3,5-6,9-10H,4,7-8,14H2,1-2H3,(H,15,16). The minimum Gasteiger partial charge on any atom is -0.399 e. The summed E-state index contributed by atoms with van der Waals surface area (Å²) in [7, 11) is 1.68. The van der Waals surface area contributed by atoms with Crippen LogP contribution in [-0.4, -0.2) is 30.6 Å². The molecule has 0 spiro atoms. The molecular weight excluding hydrogens is 248 g/mol. The Balaban J connectivity index is 2.35. The van der Waals surface area contributed by atoms with Gasteiger partial charge in [0.1, 0.15) is 0 Å². The summed E-state index contributed by atoms with van der Waals surface area (Å²) >= 11 is 1.62. The smallest absolute Gasteiger partial charge is 0.237 e. The first kappa shape index (κ1) is 14.9. The lowest BCUT2D eigenvalue weighted by Gasteiger charge is -2.12. The van der Waals surface area contributed by atoms with E-state index in [0.717, 1.165) is 24.5 Å². The first-order valence-corrected chi connectivity index (χ1v) is 6.95. The monoisotopic (exact) mass is 268 g/mol. The molecule has 0 fully saturated rings. The van der Waals surface area contributed by atoms with Crippen molar-refractivity contribution >= 4 is 29.0 Å². The third kappa shape index (κ3) is 5.42. The van der Waals surface area contributed by atoms with Crippen molar-refractivity contribution in [3.05, 3.63) is 24.3 Å². The first-order valence-electron chi connectivity index (χ1n) is 5.90. The molecular formula is C13H20N2O2S. The number of nitrogens with one attached hydrogen (secondary N) is 1. The number of nitrogen functional groups attached to an aromatic ring is 1. The fraction of sp³-hybridized carbons (Fsp3) is 0.462. The summed E-state index contributed by atoms with van der Waals surface area (Å²) in [6.45, 7) is 2.63. The van der Waals surface area contributed by atoms with Gasteiger partial charge in [-0.3, -0.25) is 4.79 Å². The Hall–Kier alpha value is -1.20. The summed E-state index contributed by atoms with van der Waals surface area (Å²) in [5.41, 5.74) is 7.04. The summed E-state index contributed by atoms with van der Waals surface area (Å²) in [4.78, 5) is 11.9. The largest absolute Gasteiger partial charge is 0.399 e. The van der Waals surface area contributed by atoms with Crippen molar-refractivity contribution in [1.82, 2.24) is 0 Å². The number of anilines is 2. The average Bonchev–Trinajstić information content (AvgIpc) is 2.34. The molecule has 0 aliphatic heterocycles. The third-order valence-electron chi connectivity index (χ3n) is 2.38. The van der Waals surface area contributed by atoms with Gasteiger partial charge in [0.2, 0.25) is 5.91 Å². The van der Waals surface area contributed by atoms with Crippen LogP contribution in [0.1, 0.15) is 13.3 Å². The highest BCUT2D eigenvalue weighted by molar-refractivity contribution is 8.00. The molecule has 1 unspecified atom stereocenters. The van der Waals surface area contributed by atoms with Gasteiger partial charge >= 0.3 is 0 Å². The molecule has 0 aliphatic rings. The maximum Gasteiger partial charge on any atom is 0.237 e. The maximum absolute atomic E-state index is 11.9. The first-order chi connectivity index (χ1) is 8.63. The fourth-order valence-electron chi connectivity index (χ4n) is 1.40. The number of methoxy groups -OCH3 is 1. The van der Waals surface area contributed by atoms with Crippen LogP contribution in [0.15, 0.2) is 24.3 Å². The average molecular weight is 268 g/mol. The lowest BCUT2D eigenvalue weighted by molar-refractivity contribution is -0.115. The summed E-state index contributed by atoms with van der Waals surface area (Å²) < 4.78 is 4.97. The van der Waals surface area contributed by atoms with Gasteiger partial charge in [-0.1, -0.05) is 6.07 Å². The lowest BCUT2D eigenvalue weighted by Crippen LogP contribution is -2.22. The van der Waals surface area contributed by atoms with Gasteiger partial charge < -0.3 is 15.8 Å². The Labute approximate surface area is 112 Å². The van der Waals surface area contributed by atoms with E-state index in [1.54, 1.807) is 31.0 Å². The van der Waals surface area contributed by atoms with Crippen molar-refractivity contribution in [3.8, 4) is 0 Å². The normalized spacial score (nSPS) is 12.1. The van der Waals surface area contributed by atoms with E-state index in [2.05, 4.69) is 5.32 Å².